The van der Waals surface area contributed by atoms with E-state index < -0.39 is 0 Å². The summed E-state index contributed by atoms with van der Waals surface area (Å²) in [5.41, 5.74) is 0.967. The van der Waals surface area contributed by atoms with Gasteiger partial charge in [0, 0.05) is 24.0 Å². The number of halogens is 2. The van der Waals surface area contributed by atoms with Gasteiger partial charge in [0.25, 0.3) is 5.91 Å². The molecule has 4 heteroatoms. The molecular formula is C14H17ClFNO. The minimum absolute atomic E-state index is 0.0808. The first-order valence-corrected chi connectivity index (χ1v) is 6.80. The van der Waals surface area contributed by atoms with Crippen LogP contribution in [0.2, 0.25) is 0 Å². The molecule has 0 spiro atoms. The minimum atomic E-state index is -0.333. The number of piperidine rings is 1. The van der Waals surface area contributed by atoms with Crippen LogP contribution < -0.4 is 0 Å². The van der Waals surface area contributed by atoms with Crippen LogP contribution in [-0.2, 0) is 0 Å². The van der Waals surface area contributed by atoms with Crippen molar-refractivity contribution in [3.8, 4) is 0 Å². The normalized spacial score (nSPS) is 19.9. The number of nitrogens with zero attached hydrogens (tertiary/aromatic N) is 1. The SMILES string of the molecule is Cc1ccc(C(=O)N2CCCCC2CCl)cc1F. The number of hydrogen-bond acceptors (Lipinski definition) is 1. The first-order valence-electron chi connectivity index (χ1n) is 6.26. The molecule has 18 heavy (non-hydrogen) atoms. The number of alkyl halides is 1. The van der Waals surface area contributed by atoms with Gasteiger partial charge in [0.2, 0.25) is 0 Å². The summed E-state index contributed by atoms with van der Waals surface area (Å²) in [4.78, 5) is 14.1. The van der Waals surface area contributed by atoms with E-state index in [0.29, 0.717) is 23.6 Å². The summed E-state index contributed by atoms with van der Waals surface area (Å²) in [6.07, 6.45) is 3.03. The maximum Gasteiger partial charge on any atom is 0.254 e. The van der Waals surface area contributed by atoms with Crippen molar-refractivity contribution in [1.29, 1.82) is 0 Å². The standard InChI is InChI=1S/C14H17ClFNO/c1-10-5-6-11(8-13(10)16)14(18)17-7-3-2-4-12(17)9-15/h5-6,8,12H,2-4,7,9H2,1H3. The van der Waals surface area contributed by atoms with Crippen molar-refractivity contribution in [2.24, 2.45) is 0 Å². The molecule has 1 aliphatic heterocycles. The second kappa shape index (κ2) is 5.70. The monoisotopic (exact) mass is 269 g/mol. The van der Waals surface area contributed by atoms with Crippen molar-refractivity contribution >= 4 is 17.5 Å². The average molecular weight is 270 g/mol. The Balaban J connectivity index is 2.21. The predicted molar refractivity (Wildman–Crippen MR) is 70.5 cm³/mol. The van der Waals surface area contributed by atoms with Crippen LogP contribution in [-0.4, -0.2) is 29.3 Å². The summed E-state index contributed by atoms with van der Waals surface area (Å²) < 4.78 is 13.5. The molecule has 0 aromatic heterocycles. The number of aryl methyl sites for hydroxylation is 1. The molecule has 0 N–H and O–H groups in total. The lowest BCUT2D eigenvalue weighted by molar-refractivity contribution is 0.0638. The maximum atomic E-state index is 13.5. The number of amides is 1. The maximum absolute atomic E-state index is 13.5. The summed E-state index contributed by atoms with van der Waals surface area (Å²) in [6.45, 7) is 2.40. The highest BCUT2D eigenvalue weighted by Gasteiger charge is 2.26. The molecule has 0 bridgehead atoms. The fraction of sp³-hybridized carbons (Fsp3) is 0.500. The van der Waals surface area contributed by atoms with Gasteiger partial charge in [-0.3, -0.25) is 4.79 Å². The molecule has 1 unspecified atom stereocenters. The van der Waals surface area contributed by atoms with Crippen molar-refractivity contribution in [3.05, 3.63) is 35.1 Å². The van der Waals surface area contributed by atoms with Crippen molar-refractivity contribution in [2.45, 2.75) is 32.2 Å². The Morgan fingerprint density at radius 1 is 1.50 bits per heavy atom. The second-order valence-corrected chi connectivity index (χ2v) is 5.08. The van der Waals surface area contributed by atoms with E-state index in [1.807, 2.05) is 0 Å². The molecular weight excluding hydrogens is 253 g/mol. The van der Waals surface area contributed by atoms with Crippen LogP contribution in [0.15, 0.2) is 18.2 Å². The van der Waals surface area contributed by atoms with Crippen LogP contribution in [0.4, 0.5) is 4.39 Å². The first-order chi connectivity index (χ1) is 8.63. The van der Waals surface area contributed by atoms with Gasteiger partial charge in [-0.15, -0.1) is 11.6 Å². The zero-order valence-electron chi connectivity index (χ0n) is 10.5. The predicted octanol–water partition coefficient (Wildman–Crippen LogP) is 3.37. The Morgan fingerprint density at radius 2 is 2.28 bits per heavy atom. The molecule has 98 valence electrons. The third-order valence-corrected chi connectivity index (χ3v) is 3.84. The molecule has 2 rings (SSSR count). The highest BCUT2D eigenvalue weighted by atomic mass is 35.5. The van der Waals surface area contributed by atoms with Crippen LogP contribution in [0.5, 0.6) is 0 Å². The number of carbonyl (C=O) groups excluding carboxylic acids is 1. The molecule has 1 heterocycles. The van der Waals surface area contributed by atoms with Crippen molar-refractivity contribution in [2.75, 3.05) is 12.4 Å². The van der Waals surface area contributed by atoms with Crippen molar-refractivity contribution in [3.63, 3.8) is 0 Å². The Bertz CT molecular complexity index is 449. The summed E-state index contributed by atoms with van der Waals surface area (Å²) in [5.74, 6) is -0.000350. The van der Waals surface area contributed by atoms with Crippen LogP contribution in [0.25, 0.3) is 0 Å². The smallest absolute Gasteiger partial charge is 0.254 e. The lowest BCUT2D eigenvalue weighted by atomic mass is 10.0. The largest absolute Gasteiger partial charge is 0.334 e. The number of carbonyl (C=O) groups is 1. The van der Waals surface area contributed by atoms with Gasteiger partial charge in [-0.05, 0) is 43.9 Å². The third-order valence-electron chi connectivity index (χ3n) is 3.48. The Labute approximate surface area is 112 Å². The van der Waals surface area contributed by atoms with Crippen molar-refractivity contribution < 1.29 is 9.18 Å². The van der Waals surface area contributed by atoms with Crippen LogP contribution >= 0.6 is 11.6 Å². The second-order valence-electron chi connectivity index (χ2n) is 4.77. The van der Waals surface area contributed by atoms with Gasteiger partial charge >= 0.3 is 0 Å². The zero-order chi connectivity index (χ0) is 13.1. The van der Waals surface area contributed by atoms with E-state index >= 15 is 0 Å². The molecule has 1 saturated heterocycles. The highest BCUT2D eigenvalue weighted by molar-refractivity contribution is 6.18. The number of rotatable bonds is 2. The average Bonchev–Trinajstić information content (AvgIpc) is 2.41. The number of likely N-dealkylation sites (tertiary alicyclic amines) is 1. The lowest BCUT2D eigenvalue weighted by Gasteiger charge is -2.34. The Morgan fingerprint density at radius 3 is 2.94 bits per heavy atom. The Hall–Kier alpha value is -1.09. The lowest BCUT2D eigenvalue weighted by Crippen LogP contribution is -2.44. The number of benzene rings is 1. The van der Waals surface area contributed by atoms with Crippen molar-refractivity contribution in [1.82, 2.24) is 4.90 Å². The Kier molecular flexibility index (Phi) is 4.23. The van der Waals surface area contributed by atoms with Gasteiger partial charge < -0.3 is 4.90 Å². The molecule has 1 aliphatic rings. The first kappa shape index (κ1) is 13.3. The quantitative estimate of drug-likeness (QED) is 0.754. The van der Waals surface area contributed by atoms with Crippen LogP contribution in [0, 0.1) is 12.7 Å². The van der Waals surface area contributed by atoms with Gasteiger partial charge in [0.15, 0.2) is 0 Å². The summed E-state index contributed by atoms with van der Waals surface area (Å²) in [5, 5.41) is 0. The molecule has 2 nitrogen and oxygen atoms in total. The van der Waals surface area contributed by atoms with Crippen LogP contribution in [0.1, 0.15) is 35.2 Å². The molecule has 1 fully saturated rings. The van der Waals surface area contributed by atoms with E-state index in [1.54, 1.807) is 24.0 Å². The van der Waals surface area contributed by atoms with Gasteiger partial charge in [-0.25, -0.2) is 4.39 Å². The molecule has 1 aromatic carbocycles. The molecule has 1 atom stereocenters. The van der Waals surface area contributed by atoms with Crippen LogP contribution in [0.3, 0.4) is 0 Å². The minimum Gasteiger partial charge on any atom is -0.334 e. The molecule has 0 saturated carbocycles. The zero-order valence-corrected chi connectivity index (χ0v) is 11.2. The molecule has 0 radical (unpaired) electrons. The van der Waals surface area contributed by atoms with E-state index in [4.69, 9.17) is 11.6 Å². The van der Waals surface area contributed by atoms with E-state index in [0.717, 1.165) is 19.3 Å². The number of hydrogen-bond donors (Lipinski definition) is 0. The van der Waals surface area contributed by atoms with E-state index in [2.05, 4.69) is 0 Å². The van der Waals surface area contributed by atoms with E-state index in [1.165, 1.54) is 6.07 Å². The van der Waals surface area contributed by atoms with E-state index in [-0.39, 0.29) is 17.8 Å². The fourth-order valence-electron chi connectivity index (χ4n) is 2.32. The molecule has 1 amide bonds. The fourth-order valence-corrected chi connectivity index (χ4v) is 2.64. The third kappa shape index (κ3) is 2.66. The molecule has 1 aromatic rings. The topological polar surface area (TPSA) is 20.3 Å². The highest BCUT2D eigenvalue weighted by Crippen LogP contribution is 2.21. The van der Waals surface area contributed by atoms with E-state index in [9.17, 15) is 9.18 Å². The van der Waals surface area contributed by atoms with Gasteiger partial charge in [-0.1, -0.05) is 6.07 Å². The summed E-state index contributed by atoms with van der Waals surface area (Å²) in [6, 6.07) is 4.72. The van der Waals surface area contributed by atoms with Gasteiger partial charge in [0.1, 0.15) is 5.82 Å². The van der Waals surface area contributed by atoms with Gasteiger partial charge in [-0.2, -0.15) is 0 Å². The van der Waals surface area contributed by atoms with Gasteiger partial charge in [0.05, 0.1) is 0 Å². The summed E-state index contributed by atoms with van der Waals surface area (Å²) in [7, 11) is 0. The summed E-state index contributed by atoms with van der Waals surface area (Å²) >= 11 is 5.90. The molecule has 0 aliphatic carbocycles.